The summed E-state index contributed by atoms with van der Waals surface area (Å²) in [6.45, 7) is 2.52. The summed E-state index contributed by atoms with van der Waals surface area (Å²) in [5.74, 6) is -3.09. The van der Waals surface area contributed by atoms with E-state index in [1.807, 2.05) is 24.5 Å². The van der Waals surface area contributed by atoms with Crippen molar-refractivity contribution >= 4 is 50.9 Å². The van der Waals surface area contributed by atoms with Crippen molar-refractivity contribution in [3.63, 3.8) is 0 Å². The number of benzene rings is 1. The van der Waals surface area contributed by atoms with Gasteiger partial charge in [0.25, 0.3) is 5.91 Å². The third-order valence-corrected chi connectivity index (χ3v) is 12.5. The molecule has 3 aliphatic carbocycles. The van der Waals surface area contributed by atoms with Crippen LogP contribution in [0.15, 0.2) is 41.8 Å². The number of fused-ring (bicyclic) bond motifs is 2. The molecule has 2 heterocycles. The molecule has 0 saturated heterocycles. The number of nitrogens with zero attached hydrogens (tertiary/aromatic N) is 3. The highest BCUT2D eigenvalue weighted by molar-refractivity contribution is 7.91. The van der Waals surface area contributed by atoms with Gasteiger partial charge in [-0.2, -0.15) is 0 Å². The zero-order valence-corrected chi connectivity index (χ0v) is 29.6. The molecule has 13 nitrogen and oxygen atoms in total. The Labute approximate surface area is 290 Å². The number of sulfonamides is 1. The fraction of sp³-hybridized carbons (Fsp3) is 0.559. The first-order valence-corrected chi connectivity index (χ1v) is 19.2. The molecule has 1 aromatic heterocycles. The summed E-state index contributed by atoms with van der Waals surface area (Å²) in [6.07, 6.45) is 6.07. The zero-order chi connectivity index (χ0) is 34.9. The summed E-state index contributed by atoms with van der Waals surface area (Å²) in [5.41, 5.74) is -0.233. The van der Waals surface area contributed by atoms with Crippen LogP contribution in [0.3, 0.4) is 0 Å². The number of amides is 4. The molecule has 3 fully saturated rings. The summed E-state index contributed by atoms with van der Waals surface area (Å²) in [7, 11) is -0.611. The Bertz CT molecular complexity index is 1740. The van der Waals surface area contributed by atoms with Crippen LogP contribution in [0.2, 0.25) is 0 Å². The highest BCUT2D eigenvalue weighted by atomic mass is 32.2. The number of rotatable bonds is 8. The molecule has 1 aromatic carbocycles. The predicted molar refractivity (Wildman–Crippen MR) is 182 cm³/mol. The monoisotopic (exact) mass is 713 g/mol. The molecule has 0 spiro atoms. The predicted octanol–water partition coefficient (Wildman–Crippen LogP) is 3.68. The molecular weight excluding hydrogens is 671 g/mol. The van der Waals surface area contributed by atoms with Crippen LogP contribution in [0.25, 0.3) is 0 Å². The maximum atomic E-state index is 14.1. The number of aromatic nitrogens is 1. The molecular formula is C34H43N5O8S2. The topological polar surface area (TPSA) is 164 Å². The van der Waals surface area contributed by atoms with Crippen LogP contribution in [0.4, 0.5) is 10.5 Å². The van der Waals surface area contributed by atoms with E-state index in [1.165, 1.54) is 23.3 Å². The van der Waals surface area contributed by atoms with Crippen molar-refractivity contribution in [2.45, 2.75) is 81.7 Å². The smallest absolute Gasteiger partial charge is 0.414 e. The minimum absolute atomic E-state index is 0.0577. The van der Waals surface area contributed by atoms with Crippen LogP contribution in [0, 0.1) is 24.7 Å². The lowest BCUT2D eigenvalue weighted by atomic mass is 9.93. The lowest BCUT2D eigenvalue weighted by molar-refractivity contribution is -0.140. The van der Waals surface area contributed by atoms with Crippen LogP contribution in [0.5, 0.6) is 5.75 Å². The largest absolute Gasteiger partial charge is 0.497 e. The van der Waals surface area contributed by atoms with E-state index >= 15 is 0 Å². The third-order valence-electron chi connectivity index (χ3n) is 9.84. The van der Waals surface area contributed by atoms with E-state index in [2.05, 4.69) is 15.0 Å². The first-order chi connectivity index (χ1) is 23.4. The number of methoxy groups -OCH3 is 1. The molecule has 0 radical (unpaired) electrons. The lowest BCUT2D eigenvalue weighted by Crippen LogP contribution is -2.54. The summed E-state index contributed by atoms with van der Waals surface area (Å²) < 4.78 is 39.0. The molecule has 0 unspecified atom stereocenters. The number of ether oxygens (including phenoxy) is 2. The molecule has 0 bridgehead atoms. The molecule has 2 aromatic rings. The third kappa shape index (κ3) is 7.77. The van der Waals surface area contributed by atoms with Crippen molar-refractivity contribution in [3.8, 4) is 5.75 Å². The minimum atomic E-state index is -3.85. The average Bonchev–Trinajstić information content (AvgIpc) is 3.97. The van der Waals surface area contributed by atoms with Gasteiger partial charge in [0.2, 0.25) is 21.8 Å². The van der Waals surface area contributed by atoms with Gasteiger partial charge in [-0.25, -0.2) is 18.2 Å². The van der Waals surface area contributed by atoms with E-state index in [0.717, 1.165) is 24.3 Å². The van der Waals surface area contributed by atoms with Crippen molar-refractivity contribution in [1.82, 2.24) is 19.9 Å². The highest BCUT2D eigenvalue weighted by Crippen LogP contribution is 2.47. The Balaban J connectivity index is 1.24. The minimum Gasteiger partial charge on any atom is -0.497 e. The second kappa shape index (κ2) is 14.1. The van der Waals surface area contributed by atoms with Gasteiger partial charge in [0.1, 0.15) is 17.4 Å². The first-order valence-electron chi connectivity index (χ1n) is 16.7. The molecule has 3 saturated carbocycles. The van der Waals surface area contributed by atoms with E-state index in [1.54, 1.807) is 36.2 Å². The molecule has 5 atom stereocenters. The zero-order valence-electron chi connectivity index (χ0n) is 27.9. The Morgan fingerprint density at radius 1 is 1.18 bits per heavy atom. The van der Waals surface area contributed by atoms with Gasteiger partial charge >= 0.3 is 6.09 Å². The highest BCUT2D eigenvalue weighted by Gasteiger charge is 2.62. The van der Waals surface area contributed by atoms with Gasteiger partial charge in [-0.05, 0) is 70.4 Å². The van der Waals surface area contributed by atoms with E-state index in [4.69, 9.17) is 9.47 Å². The lowest BCUT2D eigenvalue weighted by Gasteiger charge is -2.26. The van der Waals surface area contributed by atoms with Gasteiger partial charge in [0.15, 0.2) is 0 Å². The molecule has 2 N–H and O–H groups in total. The Kier molecular flexibility index (Phi) is 10.0. The maximum absolute atomic E-state index is 14.1. The molecule has 264 valence electrons. The van der Waals surface area contributed by atoms with E-state index in [9.17, 15) is 27.6 Å². The summed E-state index contributed by atoms with van der Waals surface area (Å²) >= 11 is 1.47. The summed E-state index contributed by atoms with van der Waals surface area (Å²) in [6, 6.07) is 7.01. The molecule has 4 aliphatic rings. The standard InChI is InChI=1S/C34H43N5O8S2/c1-21-35-23(20-48-21)19-39(24-10-8-11-25(15-24)46-3)33(43)47-26-16-28-29(17-26)31(41)38(2)14-7-5-4-6-9-22-18-34(22,36-30(28)40)32(42)37-49(44,45)27-12-13-27/h6,8-11,15,20,22,26-29H,4-5,7,12-14,16-19H2,1-3H3,(H,36,40)(H,37,42)/t22-,26-,28-,29-,34-/m1/s1. The van der Waals surface area contributed by atoms with E-state index < -0.39 is 56.7 Å². The molecule has 4 amide bonds. The van der Waals surface area contributed by atoms with Crippen molar-refractivity contribution in [2.24, 2.45) is 17.8 Å². The summed E-state index contributed by atoms with van der Waals surface area (Å²) in [5, 5.41) is 4.99. The number of nitrogens with one attached hydrogen (secondary N) is 2. The SMILES string of the molecule is COc1cccc(N(Cc2csc(C)n2)C(=O)O[C@@H]2C[C@H]3C(=O)N[C@]4(C(=O)NS(=O)(=O)C5CC5)C[C@H]4C=CCCCCN(C)C(=O)[C@@H]3C2)c1. The van der Waals surface area contributed by atoms with Crippen molar-refractivity contribution in [3.05, 3.63) is 52.5 Å². The summed E-state index contributed by atoms with van der Waals surface area (Å²) in [4.78, 5) is 62.9. The van der Waals surface area contributed by atoms with Gasteiger partial charge in [0.05, 0.1) is 47.1 Å². The molecule has 1 aliphatic heterocycles. The fourth-order valence-corrected chi connectivity index (χ4v) is 8.75. The van der Waals surface area contributed by atoms with Crippen molar-refractivity contribution in [2.75, 3.05) is 25.6 Å². The Morgan fingerprint density at radius 2 is 1.96 bits per heavy atom. The maximum Gasteiger partial charge on any atom is 0.414 e. The first kappa shape index (κ1) is 34.9. The van der Waals surface area contributed by atoms with E-state index in [0.29, 0.717) is 36.5 Å². The molecule has 6 rings (SSSR count). The number of hydrogen-bond acceptors (Lipinski definition) is 10. The van der Waals surface area contributed by atoms with Gasteiger partial charge in [-0.1, -0.05) is 18.2 Å². The number of thiazole rings is 1. The number of hydrogen-bond donors (Lipinski definition) is 2. The van der Waals surface area contributed by atoms with Crippen LogP contribution in [-0.2, 0) is 35.7 Å². The van der Waals surface area contributed by atoms with Gasteiger partial charge in [-0.3, -0.25) is 24.0 Å². The second-order valence-electron chi connectivity index (χ2n) is 13.5. The molecule has 15 heteroatoms. The quantitative estimate of drug-likeness (QED) is 0.389. The number of anilines is 1. The van der Waals surface area contributed by atoms with Crippen LogP contribution >= 0.6 is 11.3 Å². The van der Waals surface area contributed by atoms with Gasteiger partial charge < -0.3 is 19.7 Å². The van der Waals surface area contributed by atoms with Gasteiger partial charge in [0, 0.05) is 31.0 Å². The average molecular weight is 714 g/mol. The molecule has 49 heavy (non-hydrogen) atoms. The van der Waals surface area contributed by atoms with Gasteiger partial charge in [-0.15, -0.1) is 11.3 Å². The number of carbonyl (C=O) groups excluding carboxylic acids is 4. The van der Waals surface area contributed by atoms with Crippen molar-refractivity contribution < 1.29 is 37.1 Å². The Morgan fingerprint density at radius 3 is 2.67 bits per heavy atom. The van der Waals surface area contributed by atoms with Crippen LogP contribution in [0.1, 0.15) is 62.1 Å². The number of carbonyl (C=O) groups is 4. The van der Waals surface area contributed by atoms with E-state index in [-0.39, 0.29) is 37.6 Å². The van der Waals surface area contributed by atoms with Crippen LogP contribution in [-0.4, -0.2) is 79.7 Å². The van der Waals surface area contributed by atoms with Crippen LogP contribution < -0.4 is 19.7 Å². The fourth-order valence-electron chi connectivity index (χ4n) is 6.78. The second-order valence-corrected chi connectivity index (χ2v) is 16.5. The normalized spacial score (nSPS) is 27.3. The van der Waals surface area contributed by atoms with Crippen molar-refractivity contribution in [1.29, 1.82) is 0 Å². The number of aryl methyl sites for hydroxylation is 1. The number of allylic oxidation sites excluding steroid dienone is 1. The Hall–Kier alpha value is -3.98.